The van der Waals surface area contributed by atoms with Gasteiger partial charge in [-0.1, -0.05) is 48.6 Å². The summed E-state index contributed by atoms with van der Waals surface area (Å²) in [6.07, 6.45) is 8.56. The maximum absolute atomic E-state index is 11.6. The first-order valence-corrected chi connectivity index (χ1v) is 8.83. The van der Waals surface area contributed by atoms with Crippen molar-refractivity contribution < 1.29 is 9.53 Å². The third-order valence-corrected chi connectivity index (χ3v) is 4.35. The molecule has 0 fully saturated rings. The molecule has 3 aromatic rings. The van der Waals surface area contributed by atoms with Gasteiger partial charge in [0.1, 0.15) is 5.75 Å². The van der Waals surface area contributed by atoms with Crippen molar-refractivity contribution in [3.63, 3.8) is 0 Å². The number of carbonyl (C=O) groups excluding carboxylic acids is 1. The molecule has 0 saturated carbocycles. The highest BCUT2D eigenvalue weighted by Crippen LogP contribution is 2.27. The standard InChI is InChI=1S/C24H22N2O2/c1-28-24-15-19(8-2-17-4-10-22(25)11-5-17)21(16-27)14-20(24)9-3-18-6-12-23(26)13-7-18/h2-16H,25-26H2,1H3/b8-2+,9-3+. The molecule has 4 heteroatoms. The zero-order valence-electron chi connectivity index (χ0n) is 15.6. The Kier molecular flexibility index (Phi) is 5.92. The van der Waals surface area contributed by atoms with Crippen molar-refractivity contribution in [2.24, 2.45) is 0 Å². The van der Waals surface area contributed by atoms with Crippen molar-refractivity contribution in [1.29, 1.82) is 0 Å². The van der Waals surface area contributed by atoms with Gasteiger partial charge in [-0.2, -0.15) is 0 Å². The first-order chi connectivity index (χ1) is 13.6. The molecule has 3 aromatic carbocycles. The maximum atomic E-state index is 11.6. The lowest BCUT2D eigenvalue weighted by Gasteiger charge is -2.09. The van der Waals surface area contributed by atoms with Gasteiger partial charge in [-0.15, -0.1) is 0 Å². The predicted molar refractivity (Wildman–Crippen MR) is 118 cm³/mol. The summed E-state index contributed by atoms with van der Waals surface area (Å²) in [4.78, 5) is 11.6. The minimum Gasteiger partial charge on any atom is -0.496 e. The van der Waals surface area contributed by atoms with Gasteiger partial charge in [0.05, 0.1) is 7.11 Å². The molecule has 140 valence electrons. The van der Waals surface area contributed by atoms with Gasteiger partial charge in [-0.05, 0) is 53.1 Å². The molecular formula is C24H22N2O2. The first-order valence-electron chi connectivity index (χ1n) is 8.83. The zero-order valence-corrected chi connectivity index (χ0v) is 15.6. The summed E-state index contributed by atoms with van der Waals surface area (Å²) < 4.78 is 5.52. The first kappa shape index (κ1) is 19.0. The van der Waals surface area contributed by atoms with Crippen LogP contribution in [0.25, 0.3) is 24.3 Å². The minimum atomic E-state index is 0.587. The fourth-order valence-corrected chi connectivity index (χ4v) is 2.77. The molecule has 0 bridgehead atoms. The summed E-state index contributed by atoms with van der Waals surface area (Å²) in [5.41, 5.74) is 17.1. The van der Waals surface area contributed by atoms with Gasteiger partial charge in [-0.3, -0.25) is 4.79 Å². The second-order valence-corrected chi connectivity index (χ2v) is 6.34. The number of rotatable bonds is 6. The quantitative estimate of drug-likeness (QED) is 0.363. The molecule has 0 saturated heterocycles. The largest absolute Gasteiger partial charge is 0.496 e. The number of benzene rings is 3. The van der Waals surface area contributed by atoms with Crippen LogP contribution in [0, 0.1) is 0 Å². The average Bonchev–Trinajstić information content (AvgIpc) is 2.72. The molecular weight excluding hydrogens is 348 g/mol. The van der Waals surface area contributed by atoms with Crippen LogP contribution in [0.5, 0.6) is 5.75 Å². The average molecular weight is 370 g/mol. The highest BCUT2D eigenvalue weighted by molar-refractivity contribution is 5.88. The Morgan fingerprint density at radius 2 is 1.18 bits per heavy atom. The lowest BCUT2D eigenvalue weighted by molar-refractivity contribution is 0.112. The van der Waals surface area contributed by atoms with Crippen molar-refractivity contribution in [2.75, 3.05) is 18.6 Å². The van der Waals surface area contributed by atoms with Crippen LogP contribution >= 0.6 is 0 Å². The van der Waals surface area contributed by atoms with Crippen LogP contribution in [0.1, 0.15) is 32.6 Å². The van der Waals surface area contributed by atoms with Crippen molar-refractivity contribution >= 4 is 42.0 Å². The molecule has 4 nitrogen and oxygen atoms in total. The number of nitrogens with two attached hydrogens (primary N) is 2. The van der Waals surface area contributed by atoms with Crippen molar-refractivity contribution in [1.82, 2.24) is 0 Å². The van der Waals surface area contributed by atoms with Crippen LogP contribution in [0.2, 0.25) is 0 Å². The molecule has 0 aliphatic heterocycles. The van der Waals surface area contributed by atoms with E-state index in [0.717, 1.165) is 34.2 Å². The van der Waals surface area contributed by atoms with Crippen LogP contribution in [0.3, 0.4) is 0 Å². The second kappa shape index (κ2) is 8.73. The molecule has 0 spiro atoms. The van der Waals surface area contributed by atoms with E-state index in [1.807, 2.05) is 85.0 Å². The van der Waals surface area contributed by atoms with Gasteiger partial charge in [0.25, 0.3) is 0 Å². The fourth-order valence-electron chi connectivity index (χ4n) is 2.77. The molecule has 0 amide bonds. The predicted octanol–water partition coefficient (Wildman–Crippen LogP) is 5.01. The third-order valence-electron chi connectivity index (χ3n) is 4.35. The normalized spacial score (nSPS) is 11.2. The Morgan fingerprint density at radius 1 is 0.679 bits per heavy atom. The van der Waals surface area contributed by atoms with Gasteiger partial charge < -0.3 is 16.2 Å². The van der Waals surface area contributed by atoms with E-state index in [9.17, 15) is 4.79 Å². The third kappa shape index (κ3) is 4.68. The second-order valence-electron chi connectivity index (χ2n) is 6.34. The van der Waals surface area contributed by atoms with Gasteiger partial charge in [0.15, 0.2) is 6.29 Å². The Bertz CT molecular complexity index is 1020. The van der Waals surface area contributed by atoms with Crippen molar-refractivity contribution in [2.45, 2.75) is 0 Å². The van der Waals surface area contributed by atoms with E-state index >= 15 is 0 Å². The number of methoxy groups -OCH3 is 1. The summed E-state index contributed by atoms with van der Waals surface area (Å²) in [6.45, 7) is 0. The van der Waals surface area contributed by atoms with Gasteiger partial charge in [0, 0.05) is 22.5 Å². The van der Waals surface area contributed by atoms with E-state index in [0.29, 0.717) is 17.0 Å². The van der Waals surface area contributed by atoms with E-state index in [1.54, 1.807) is 7.11 Å². The van der Waals surface area contributed by atoms with Crippen molar-refractivity contribution in [3.05, 3.63) is 88.5 Å². The summed E-state index contributed by atoms with van der Waals surface area (Å²) in [7, 11) is 1.62. The molecule has 0 radical (unpaired) electrons. The minimum absolute atomic E-state index is 0.587. The summed E-state index contributed by atoms with van der Waals surface area (Å²) >= 11 is 0. The lowest BCUT2D eigenvalue weighted by Crippen LogP contribution is -1.93. The van der Waals surface area contributed by atoms with Gasteiger partial charge in [0.2, 0.25) is 0 Å². The van der Waals surface area contributed by atoms with Crippen LogP contribution in [0.4, 0.5) is 11.4 Å². The lowest BCUT2D eigenvalue weighted by atomic mass is 10.0. The smallest absolute Gasteiger partial charge is 0.150 e. The Balaban J connectivity index is 1.92. The number of nitrogen functional groups attached to an aromatic ring is 2. The molecule has 0 unspecified atom stereocenters. The molecule has 3 rings (SSSR count). The van der Waals surface area contributed by atoms with Gasteiger partial charge in [-0.25, -0.2) is 0 Å². The molecule has 0 aliphatic rings. The Morgan fingerprint density at radius 3 is 1.64 bits per heavy atom. The number of anilines is 2. The number of aldehydes is 1. The maximum Gasteiger partial charge on any atom is 0.150 e. The zero-order chi connectivity index (χ0) is 19.9. The number of hydrogen-bond acceptors (Lipinski definition) is 4. The summed E-state index contributed by atoms with van der Waals surface area (Å²) in [5.74, 6) is 0.689. The van der Waals surface area contributed by atoms with Crippen molar-refractivity contribution in [3.8, 4) is 5.75 Å². The number of ether oxygens (including phenoxy) is 1. The van der Waals surface area contributed by atoms with Crippen LogP contribution in [-0.4, -0.2) is 13.4 Å². The monoisotopic (exact) mass is 370 g/mol. The topological polar surface area (TPSA) is 78.3 Å². The number of carbonyl (C=O) groups is 1. The fraction of sp³-hybridized carbons (Fsp3) is 0.0417. The van der Waals surface area contributed by atoms with Crippen LogP contribution in [0.15, 0.2) is 60.7 Å². The Labute approximate surface area is 164 Å². The van der Waals surface area contributed by atoms with E-state index in [-0.39, 0.29) is 0 Å². The molecule has 0 heterocycles. The molecule has 0 aromatic heterocycles. The van der Waals surface area contributed by atoms with E-state index < -0.39 is 0 Å². The van der Waals surface area contributed by atoms with Crippen LogP contribution < -0.4 is 16.2 Å². The SMILES string of the molecule is COc1cc(/C=C/c2ccc(N)cc2)c(C=O)cc1/C=C/c1ccc(N)cc1. The van der Waals surface area contributed by atoms with Crippen LogP contribution in [-0.2, 0) is 0 Å². The van der Waals surface area contributed by atoms with E-state index in [2.05, 4.69) is 0 Å². The van der Waals surface area contributed by atoms with Gasteiger partial charge >= 0.3 is 0 Å². The summed E-state index contributed by atoms with van der Waals surface area (Å²) in [5, 5.41) is 0. The Hall–Kier alpha value is -3.79. The molecule has 28 heavy (non-hydrogen) atoms. The highest BCUT2D eigenvalue weighted by atomic mass is 16.5. The highest BCUT2D eigenvalue weighted by Gasteiger charge is 2.07. The summed E-state index contributed by atoms with van der Waals surface area (Å²) in [6, 6.07) is 18.8. The van der Waals surface area contributed by atoms with E-state index in [4.69, 9.17) is 16.2 Å². The molecule has 0 aliphatic carbocycles. The number of hydrogen-bond donors (Lipinski definition) is 2. The molecule has 4 N–H and O–H groups in total. The van der Waals surface area contributed by atoms with E-state index in [1.165, 1.54) is 0 Å². The molecule has 0 atom stereocenters.